The number of carbonyl (C=O) groups excluding carboxylic acids is 1. The van der Waals surface area contributed by atoms with Crippen LogP contribution in [-0.4, -0.2) is 45.9 Å². The zero-order chi connectivity index (χ0) is 22.9. The first kappa shape index (κ1) is 23.1. The van der Waals surface area contributed by atoms with Crippen LogP contribution in [0.15, 0.2) is 42.5 Å². The Morgan fingerprint density at radius 2 is 1.81 bits per heavy atom. The number of fused-ring (bicyclic) bond motifs is 1. The highest BCUT2D eigenvalue weighted by molar-refractivity contribution is 6.42. The van der Waals surface area contributed by atoms with Crippen molar-refractivity contribution < 1.29 is 9.53 Å². The van der Waals surface area contributed by atoms with Crippen LogP contribution in [0, 0.1) is 0 Å². The van der Waals surface area contributed by atoms with E-state index in [9.17, 15) is 4.79 Å². The minimum atomic E-state index is -0.449. The number of hydrogen-bond acceptors (Lipinski definition) is 4. The maximum atomic E-state index is 12.2. The molecular weight excluding hydrogens is 445 g/mol. The van der Waals surface area contributed by atoms with Gasteiger partial charge in [-0.3, -0.25) is 14.4 Å². The summed E-state index contributed by atoms with van der Waals surface area (Å²) in [5, 5.41) is 7.33. The minimum Gasteiger partial charge on any atom is -0.459 e. The largest absolute Gasteiger partial charge is 0.459 e. The van der Waals surface area contributed by atoms with Crippen molar-refractivity contribution in [3.05, 3.63) is 63.8 Å². The first-order chi connectivity index (χ1) is 15.2. The third kappa shape index (κ3) is 5.45. The van der Waals surface area contributed by atoms with Gasteiger partial charge in [0, 0.05) is 11.3 Å². The van der Waals surface area contributed by atoms with Gasteiger partial charge in [0.25, 0.3) is 0 Å². The highest BCUT2D eigenvalue weighted by atomic mass is 35.5. The predicted molar refractivity (Wildman–Crippen MR) is 130 cm³/mol. The average molecular weight is 474 g/mol. The highest BCUT2D eigenvalue weighted by Crippen LogP contribution is 2.33. The van der Waals surface area contributed by atoms with Crippen LogP contribution >= 0.6 is 23.2 Å². The van der Waals surface area contributed by atoms with Crippen LogP contribution in [0.5, 0.6) is 0 Å². The number of piperidine rings is 1. The number of benzene rings is 2. The summed E-state index contributed by atoms with van der Waals surface area (Å²) in [7, 11) is 0. The molecule has 0 atom stereocenters. The first-order valence-corrected chi connectivity index (χ1v) is 11.8. The average Bonchev–Trinajstić information content (AvgIpc) is 3.08. The number of aromatic nitrogens is 2. The first-order valence-electron chi connectivity index (χ1n) is 11.0. The summed E-state index contributed by atoms with van der Waals surface area (Å²) in [5.74, 6) is 0.206. The number of nitrogens with zero attached hydrogens (tertiary/aromatic N) is 3. The van der Waals surface area contributed by atoms with E-state index < -0.39 is 5.60 Å². The molecule has 0 radical (unpaired) electrons. The second kappa shape index (κ2) is 9.42. The molecule has 4 rings (SSSR count). The molecule has 1 fully saturated rings. The van der Waals surface area contributed by atoms with Crippen molar-refractivity contribution in [1.82, 2.24) is 14.7 Å². The van der Waals surface area contributed by atoms with Gasteiger partial charge >= 0.3 is 5.97 Å². The molecule has 0 aliphatic carbocycles. The normalized spacial score (nSPS) is 15.9. The van der Waals surface area contributed by atoms with Crippen LogP contribution < -0.4 is 0 Å². The second-order valence-electron chi connectivity index (χ2n) is 9.45. The van der Waals surface area contributed by atoms with Crippen molar-refractivity contribution in [2.45, 2.75) is 51.7 Å². The highest BCUT2D eigenvalue weighted by Gasteiger charge is 2.27. The van der Waals surface area contributed by atoms with Crippen LogP contribution in [-0.2, 0) is 16.1 Å². The van der Waals surface area contributed by atoms with Gasteiger partial charge in [-0.2, -0.15) is 5.10 Å². The summed E-state index contributed by atoms with van der Waals surface area (Å²) in [5.41, 5.74) is 2.86. The molecule has 0 bridgehead atoms. The van der Waals surface area contributed by atoms with Gasteiger partial charge in [0.1, 0.15) is 5.60 Å². The van der Waals surface area contributed by atoms with E-state index in [-0.39, 0.29) is 5.97 Å². The Bertz CT molecular complexity index is 1110. The predicted octanol–water partition coefficient (Wildman–Crippen LogP) is 5.91. The molecule has 1 aliphatic rings. The van der Waals surface area contributed by atoms with Crippen molar-refractivity contribution in [2.24, 2.45) is 0 Å². The fourth-order valence-electron chi connectivity index (χ4n) is 4.31. The number of para-hydroxylation sites is 1. The lowest BCUT2D eigenvalue weighted by Gasteiger charge is -2.31. The molecule has 1 saturated heterocycles. The van der Waals surface area contributed by atoms with Gasteiger partial charge in [0.15, 0.2) is 0 Å². The second-order valence-corrected chi connectivity index (χ2v) is 10.3. The van der Waals surface area contributed by atoms with E-state index in [1.54, 1.807) is 0 Å². The maximum Gasteiger partial charge on any atom is 0.320 e. The van der Waals surface area contributed by atoms with Gasteiger partial charge in [-0.1, -0.05) is 47.5 Å². The van der Waals surface area contributed by atoms with Crippen LogP contribution in [0.25, 0.3) is 10.9 Å². The Balaban J connectivity index is 1.48. The van der Waals surface area contributed by atoms with Gasteiger partial charge in [-0.15, -0.1) is 0 Å². The molecule has 2 aromatic carbocycles. The Kier molecular flexibility index (Phi) is 6.80. The van der Waals surface area contributed by atoms with Crippen molar-refractivity contribution in [3.8, 4) is 0 Å². The number of halogens is 2. The Morgan fingerprint density at radius 1 is 1.09 bits per heavy atom. The van der Waals surface area contributed by atoms with Crippen LogP contribution in [0.4, 0.5) is 0 Å². The molecule has 32 heavy (non-hydrogen) atoms. The SMILES string of the molecule is CC(C)(C)OC(=O)CN1CCC(c2nn(Cc3ccc(Cl)c(Cl)c3)c3ccccc23)CC1. The molecule has 0 spiro atoms. The van der Waals surface area contributed by atoms with Crippen LogP contribution in [0.3, 0.4) is 0 Å². The zero-order valence-electron chi connectivity index (χ0n) is 18.8. The number of likely N-dealkylation sites (tertiary alicyclic amines) is 1. The lowest BCUT2D eigenvalue weighted by atomic mass is 9.91. The Labute approximate surface area is 199 Å². The molecule has 0 amide bonds. The number of rotatable bonds is 5. The third-order valence-electron chi connectivity index (χ3n) is 5.75. The van der Waals surface area contributed by atoms with Crippen LogP contribution in [0.1, 0.15) is 50.8 Å². The van der Waals surface area contributed by atoms with Crippen molar-refractivity contribution in [1.29, 1.82) is 0 Å². The topological polar surface area (TPSA) is 47.4 Å². The van der Waals surface area contributed by atoms with Crippen molar-refractivity contribution in [3.63, 3.8) is 0 Å². The summed E-state index contributed by atoms with van der Waals surface area (Å²) in [6, 6.07) is 14.1. The quantitative estimate of drug-likeness (QED) is 0.431. The monoisotopic (exact) mass is 473 g/mol. The van der Waals surface area contributed by atoms with E-state index in [1.165, 1.54) is 5.39 Å². The Hall–Kier alpha value is -2.08. The lowest BCUT2D eigenvalue weighted by Crippen LogP contribution is -2.39. The number of hydrogen-bond donors (Lipinski definition) is 0. The van der Waals surface area contributed by atoms with Crippen LogP contribution in [0.2, 0.25) is 10.0 Å². The van der Waals surface area contributed by atoms with E-state index in [2.05, 4.69) is 27.8 Å². The van der Waals surface area contributed by atoms with Gasteiger partial charge in [0.2, 0.25) is 0 Å². The minimum absolute atomic E-state index is 0.160. The van der Waals surface area contributed by atoms with E-state index >= 15 is 0 Å². The fraction of sp³-hybridized carbons (Fsp3) is 0.440. The molecule has 2 heterocycles. The standard InChI is InChI=1S/C25H29Cl2N3O2/c1-25(2,3)32-23(31)16-29-12-10-18(11-13-29)24-19-6-4-5-7-22(19)30(28-24)15-17-8-9-20(26)21(27)14-17/h4-9,14,18H,10-13,15-16H2,1-3H3. The molecule has 7 heteroatoms. The third-order valence-corrected chi connectivity index (χ3v) is 6.49. The molecule has 3 aromatic rings. The molecule has 0 N–H and O–H groups in total. The van der Waals surface area contributed by atoms with E-state index in [0.717, 1.165) is 42.7 Å². The summed E-state index contributed by atoms with van der Waals surface area (Å²) in [6.07, 6.45) is 1.94. The molecular formula is C25H29Cl2N3O2. The van der Waals surface area contributed by atoms with E-state index in [4.69, 9.17) is 33.0 Å². The van der Waals surface area contributed by atoms with E-state index in [1.807, 2.05) is 45.0 Å². The van der Waals surface area contributed by atoms with E-state index in [0.29, 0.717) is 29.1 Å². The van der Waals surface area contributed by atoms with Gasteiger partial charge in [0.05, 0.1) is 34.3 Å². The maximum absolute atomic E-state index is 12.2. The lowest BCUT2D eigenvalue weighted by molar-refractivity contribution is -0.156. The number of carbonyl (C=O) groups is 1. The summed E-state index contributed by atoms with van der Waals surface area (Å²) in [4.78, 5) is 14.4. The fourth-order valence-corrected chi connectivity index (χ4v) is 4.63. The summed E-state index contributed by atoms with van der Waals surface area (Å²) < 4.78 is 7.52. The van der Waals surface area contributed by atoms with Gasteiger partial charge in [-0.25, -0.2) is 0 Å². The molecule has 1 aromatic heterocycles. The molecule has 5 nitrogen and oxygen atoms in total. The number of esters is 1. The van der Waals surface area contributed by atoms with Gasteiger partial charge in [-0.05, 0) is 70.5 Å². The Morgan fingerprint density at radius 3 is 2.50 bits per heavy atom. The molecule has 1 aliphatic heterocycles. The van der Waals surface area contributed by atoms with Gasteiger partial charge < -0.3 is 4.74 Å². The van der Waals surface area contributed by atoms with Crippen molar-refractivity contribution in [2.75, 3.05) is 19.6 Å². The molecule has 170 valence electrons. The molecule has 0 saturated carbocycles. The zero-order valence-corrected chi connectivity index (χ0v) is 20.3. The number of ether oxygens (including phenoxy) is 1. The summed E-state index contributed by atoms with van der Waals surface area (Å²) in [6.45, 7) is 8.39. The summed E-state index contributed by atoms with van der Waals surface area (Å²) >= 11 is 12.3. The smallest absolute Gasteiger partial charge is 0.320 e. The van der Waals surface area contributed by atoms with Crippen molar-refractivity contribution >= 4 is 40.1 Å². The molecule has 0 unspecified atom stereocenters.